The van der Waals surface area contributed by atoms with Crippen LogP contribution in [-0.4, -0.2) is 0 Å². The smallest absolute Gasteiger partial charge is 0.206 e. The van der Waals surface area contributed by atoms with Crippen molar-refractivity contribution in [3.63, 3.8) is 0 Å². The van der Waals surface area contributed by atoms with Crippen LogP contribution in [0.25, 0.3) is 11.1 Å². The van der Waals surface area contributed by atoms with Crippen molar-refractivity contribution in [2.75, 3.05) is 0 Å². The van der Waals surface area contributed by atoms with Crippen LogP contribution < -0.4 is 0 Å². The zero-order valence-corrected chi connectivity index (χ0v) is 15.6. The number of benzene rings is 2. The zero-order chi connectivity index (χ0) is 14.8. The average molecular weight is 374 g/mol. The third-order valence-corrected chi connectivity index (χ3v) is 4.56. The van der Waals surface area contributed by atoms with Crippen molar-refractivity contribution in [2.45, 2.75) is 38.5 Å². The van der Waals surface area contributed by atoms with Crippen LogP contribution in [0, 0.1) is 23.6 Å². The van der Waals surface area contributed by atoms with Crippen molar-refractivity contribution < 1.29 is 41.5 Å². The number of rotatable bonds is 2. The molecule has 0 spiro atoms. The van der Waals surface area contributed by atoms with Gasteiger partial charge in [-0.25, -0.2) is 8.78 Å². The summed E-state index contributed by atoms with van der Waals surface area (Å²) in [7, 11) is 0. The van der Waals surface area contributed by atoms with Gasteiger partial charge in [0.15, 0.2) is 0 Å². The van der Waals surface area contributed by atoms with Crippen LogP contribution in [-0.2, 0) is 32.7 Å². The van der Waals surface area contributed by atoms with E-state index in [0.29, 0.717) is 11.5 Å². The molecule has 1 aliphatic carbocycles. The normalized spacial score (nSPS) is 21.2. The minimum atomic E-state index is -0.463. The first-order valence-corrected chi connectivity index (χ1v) is 7.60. The molecular formula is C19H19F2Y+2. The van der Waals surface area contributed by atoms with Gasteiger partial charge in [0.2, 0.25) is 0 Å². The molecule has 2 aromatic carbocycles. The molecule has 0 bridgehead atoms. The third-order valence-electron chi connectivity index (χ3n) is 4.56. The zero-order valence-electron chi connectivity index (χ0n) is 12.8. The summed E-state index contributed by atoms with van der Waals surface area (Å²) in [6, 6.07) is 12.6. The second-order valence-electron chi connectivity index (χ2n) is 6.11. The summed E-state index contributed by atoms with van der Waals surface area (Å²) in [5.41, 5.74) is 1.44. The summed E-state index contributed by atoms with van der Waals surface area (Å²) in [5, 5.41) is 0. The van der Waals surface area contributed by atoms with E-state index in [9.17, 15) is 8.78 Å². The Bertz CT molecular complexity index is 594. The van der Waals surface area contributed by atoms with Crippen molar-refractivity contribution in [1.29, 1.82) is 0 Å². The second kappa shape index (κ2) is 7.79. The van der Waals surface area contributed by atoms with E-state index in [0.717, 1.165) is 37.2 Å². The van der Waals surface area contributed by atoms with Gasteiger partial charge in [-0.15, -0.1) is 5.56 Å². The summed E-state index contributed by atoms with van der Waals surface area (Å²) >= 11 is 0. The Morgan fingerprint density at radius 1 is 0.955 bits per heavy atom. The maximum atomic E-state index is 14.4. The Morgan fingerprint density at radius 3 is 2.05 bits per heavy atom. The van der Waals surface area contributed by atoms with Gasteiger partial charge >= 0.3 is 32.7 Å². The molecule has 1 aliphatic rings. The van der Waals surface area contributed by atoms with E-state index in [2.05, 4.69) is 13.0 Å². The summed E-state index contributed by atoms with van der Waals surface area (Å²) in [4.78, 5) is 0. The molecule has 0 unspecified atom stereocenters. The molecule has 0 atom stereocenters. The van der Waals surface area contributed by atoms with Crippen LogP contribution in [0.15, 0.2) is 36.4 Å². The van der Waals surface area contributed by atoms with E-state index >= 15 is 0 Å². The van der Waals surface area contributed by atoms with Gasteiger partial charge in [-0.05, 0) is 42.4 Å². The van der Waals surface area contributed by atoms with Gasteiger partial charge in [0, 0.05) is 5.56 Å². The Balaban J connectivity index is 0.00000176. The predicted molar refractivity (Wildman–Crippen MR) is 81.0 cm³/mol. The Kier molecular flexibility index (Phi) is 6.29. The molecule has 0 aromatic heterocycles. The average Bonchev–Trinajstić information content (AvgIpc) is 2.48. The minimum Gasteiger partial charge on any atom is -0.206 e. The van der Waals surface area contributed by atoms with E-state index in [1.165, 1.54) is 12.1 Å². The predicted octanol–water partition coefficient (Wildman–Crippen LogP) is 5.72. The molecule has 2 aromatic rings. The van der Waals surface area contributed by atoms with Gasteiger partial charge in [0.1, 0.15) is 11.6 Å². The Hall–Kier alpha value is -0.596. The Labute approximate surface area is 156 Å². The molecule has 0 aliphatic heterocycles. The molecule has 3 rings (SSSR count). The molecule has 0 amide bonds. The quantitative estimate of drug-likeness (QED) is 0.590. The molecule has 0 saturated heterocycles. The van der Waals surface area contributed by atoms with Crippen LogP contribution in [0.3, 0.4) is 0 Å². The SMILES string of the molecule is CC1CCC(c2cc(F)c(-c3cc[c-]cc3)c(F)c2)CC1.[Y+3]. The van der Waals surface area contributed by atoms with Gasteiger partial charge in [-0.3, -0.25) is 0 Å². The molecule has 1 saturated carbocycles. The van der Waals surface area contributed by atoms with Gasteiger partial charge in [-0.2, -0.15) is 30.3 Å². The standard InChI is InChI=1S/C19H19F2.Y/c1-13-7-9-14(10-8-13)16-11-17(20)19(18(21)12-16)15-5-3-2-4-6-15;/h3-6,11-14H,7-10H2,1H3;/q-1;+3. The summed E-state index contributed by atoms with van der Waals surface area (Å²) in [6.45, 7) is 2.24. The molecule has 3 heteroatoms. The monoisotopic (exact) mass is 374 g/mol. The summed E-state index contributed by atoms with van der Waals surface area (Å²) < 4.78 is 28.8. The van der Waals surface area contributed by atoms with Crippen LogP contribution in [0.2, 0.25) is 0 Å². The van der Waals surface area contributed by atoms with Crippen LogP contribution in [0.5, 0.6) is 0 Å². The fourth-order valence-corrected chi connectivity index (χ4v) is 3.25. The molecule has 0 heterocycles. The molecule has 1 fully saturated rings. The maximum absolute atomic E-state index is 14.4. The molecular weight excluding hydrogens is 355 g/mol. The van der Waals surface area contributed by atoms with Crippen molar-refractivity contribution in [1.82, 2.24) is 0 Å². The van der Waals surface area contributed by atoms with Crippen LogP contribution in [0.1, 0.15) is 44.1 Å². The van der Waals surface area contributed by atoms with E-state index in [1.807, 2.05) is 0 Å². The Morgan fingerprint density at radius 2 is 1.50 bits per heavy atom. The van der Waals surface area contributed by atoms with Gasteiger partial charge in [0.05, 0.1) is 0 Å². The largest absolute Gasteiger partial charge is 3.00 e. The van der Waals surface area contributed by atoms with Crippen molar-refractivity contribution in [3.05, 3.63) is 59.7 Å². The van der Waals surface area contributed by atoms with Crippen LogP contribution in [0.4, 0.5) is 8.78 Å². The fraction of sp³-hybridized carbons (Fsp3) is 0.368. The second-order valence-corrected chi connectivity index (χ2v) is 6.11. The van der Waals surface area contributed by atoms with Gasteiger partial charge in [0.25, 0.3) is 0 Å². The van der Waals surface area contributed by atoms with E-state index < -0.39 is 11.6 Å². The topological polar surface area (TPSA) is 0 Å². The molecule has 0 nitrogen and oxygen atoms in total. The molecule has 22 heavy (non-hydrogen) atoms. The summed E-state index contributed by atoms with van der Waals surface area (Å²) in [6.07, 6.45) is 4.34. The molecule has 0 radical (unpaired) electrons. The van der Waals surface area contributed by atoms with Gasteiger partial charge < -0.3 is 0 Å². The molecule has 0 N–H and O–H groups in total. The van der Waals surface area contributed by atoms with E-state index in [4.69, 9.17) is 0 Å². The first-order valence-electron chi connectivity index (χ1n) is 7.60. The molecule has 110 valence electrons. The van der Waals surface area contributed by atoms with Crippen molar-refractivity contribution >= 4 is 0 Å². The van der Waals surface area contributed by atoms with Crippen molar-refractivity contribution in [2.24, 2.45) is 5.92 Å². The van der Waals surface area contributed by atoms with E-state index in [-0.39, 0.29) is 38.3 Å². The number of halogens is 2. The first kappa shape index (κ1) is 17.8. The van der Waals surface area contributed by atoms with Gasteiger partial charge in [-0.1, -0.05) is 19.8 Å². The summed E-state index contributed by atoms with van der Waals surface area (Å²) in [5.74, 6) is 0.101. The van der Waals surface area contributed by atoms with E-state index in [1.54, 1.807) is 24.3 Å². The van der Waals surface area contributed by atoms with Crippen molar-refractivity contribution in [3.8, 4) is 11.1 Å². The number of hydrogen-bond acceptors (Lipinski definition) is 0. The maximum Gasteiger partial charge on any atom is 3.00 e. The number of hydrogen-bond donors (Lipinski definition) is 0. The fourth-order valence-electron chi connectivity index (χ4n) is 3.25. The van der Waals surface area contributed by atoms with Crippen LogP contribution >= 0.6 is 0 Å². The minimum absolute atomic E-state index is 0. The third kappa shape index (κ3) is 3.83. The first-order chi connectivity index (χ1) is 10.1.